The lowest BCUT2D eigenvalue weighted by Crippen LogP contribution is -2.17. The lowest BCUT2D eigenvalue weighted by Gasteiger charge is -2.10. The van der Waals surface area contributed by atoms with E-state index in [1.807, 2.05) is 10.6 Å². The molecule has 2 heterocycles. The van der Waals surface area contributed by atoms with Gasteiger partial charge in [-0.3, -0.25) is 0 Å². The lowest BCUT2D eigenvalue weighted by molar-refractivity contribution is 0.381. The van der Waals surface area contributed by atoms with Gasteiger partial charge in [0.2, 0.25) is 5.82 Å². The van der Waals surface area contributed by atoms with E-state index in [1.165, 1.54) is 12.1 Å². The number of benzene rings is 2. The Morgan fingerprint density at radius 2 is 1.48 bits per heavy atom. The molecule has 25 heavy (non-hydrogen) atoms. The molecule has 1 N–H and O–H groups in total. The summed E-state index contributed by atoms with van der Waals surface area (Å²) in [6.45, 7) is 2.23. The van der Waals surface area contributed by atoms with Crippen molar-refractivity contribution in [1.82, 2.24) is 9.88 Å². The van der Waals surface area contributed by atoms with Crippen molar-refractivity contribution in [2.24, 2.45) is 0 Å². The van der Waals surface area contributed by atoms with Gasteiger partial charge >= 0.3 is 0 Å². The van der Waals surface area contributed by atoms with Crippen LogP contribution in [0, 0.1) is 29.1 Å². The smallest absolute Gasteiger partial charge is 0.200 e. The highest BCUT2D eigenvalue weighted by Gasteiger charge is 2.27. The van der Waals surface area contributed by atoms with Gasteiger partial charge in [-0.05, 0) is 23.1 Å². The fourth-order valence-electron chi connectivity index (χ4n) is 3.33. The van der Waals surface area contributed by atoms with E-state index in [0.29, 0.717) is 12.1 Å². The number of fused-ring (bicyclic) bond motifs is 3. The minimum absolute atomic E-state index is 0.0431. The van der Waals surface area contributed by atoms with Gasteiger partial charge < -0.3 is 9.88 Å². The molecule has 0 spiro atoms. The van der Waals surface area contributed by atoms with Crippen LogP contribution in [0.2, 0.25) is 0 Å². The largest absolute Gasteiger partial charge is 0.343 e. The number of rotatable bonds is 1. The minimum Gasteiger partial charge on any atom is -0.343 e. The van der Waals surface area contributed by atoms with E-state index in [-0.39, 0.29) is 5.56 Å². The highest BCUT2D eigenvalue weighted by Crippen LogP contribution is 2.34. The van der Waals surface area contributed by atoms with Gasteiger partial charge in [-0.15, -0.1) is 0 Å². The zero-order valence-corrected chi connectivity index (χ0v) is 13.0. The van der Waals surface area contributed by atoms with Crippen LogP contribution in [-0.2, 0) is 13.0 Å². The van der Waals surface area contributed by atoms with E-state index in [9.17, 15) is 22.0 Å². The van der Waals surface area contributed by atoms with E-state index in [1.54, 1.807) is 6.07 Å². The van der Waals surface area contributed by atoms with Crippen LogP contribution < -0.4 is 5.32 Å². The quantitative estimate of drug-likeness (QED) is 0.396. The maximum Gasteiger partial charge on any atom is 0.200 e. The molecule has 0 bridgehead atoms. The van der Waals surface area contributed by atoms with E-state index >= 15 is 0 Å². The summed E-state index contributed by atoms with van der Waals surface area (Å²) in [6.07, 6.45) is 0.798. The third-order valence-corrected chi connectivity index (χ3v) is 4.56. The normalized spacial score (nSPS) is 14.6. The second-order valence-corrected chi connectivity index (χ2v) is 6.01. The van der Waals surface area contributed by atoms with Crippen molar-refractivity contribution in [2.45, 2.75) is 13.0 Å². The number of aromatic nitrogens is 1. The first-order valence-electron chi connectivity index (χ1n) is 7.83. The summed E-state index contributed by atoms with van der Waals surface area (Å²) in [6, 6.07) is 6.46. The molecule has 2 aromatic carbocycles. The van der Waals surface area contributed by atoms with Crippen molar-refractivity contribution in [3.8, 4) is 11.1 Å². The molecule has 4 rings (SSSR count). The Hall–Kier alpha value is -2.41. The van der Waals surface area contributed by atoms with Crippen molar-refractivity contribution < 1.29 is 22.0 Å². The van der Waals surface area contributed by atoms with E-state index in [4.69, 9.17) is 0 Å². The zero-order chi connectivity index (χ0) is 17.7. The Balaban J connectivity index is 1.96. The van der Waals surface area contributed by atoms with Gasteiger partial charge in [0.25, 0.3) is 0 Å². The number of hydrogen-bond acceptors (Lipinski definition) is 1. The van der Waals surface area contributed by atoms with Crippen molar-refractivity contribution >= 4 is 10.9 Å². The lowest BCUT2D eigenvalue weighted by atomic mass is 10.0. The average molecular weight is 352 g/mol. The molecular weight excluding hydrogens is 339 g/mol. The van der Waals surface area contributed by atoms with Crippen LogP contribution in [0.5, 0.6) is 0 Å². The van der Waals surface area contributed by atoms with Gasteiger partial charge in [-0.2, -0.15) is 0 Å². The maximum absolute atomic E-state index is 14.1. The van der Waals surface area contributed by atoms with E-state index < -0.39 is 34.6 Å². The number of nitrogens with zero attached hydrogens (tertiary/aromatic N) is 1. The molecule has 0 saturated carbocycles. The molecule has 1 aliphatic heterocycles. The van der Waals surface area contributed by atoms with Gasteiger partial charge in [0.1, 0.15) is 0 Å². The predicted octanol–water partition coefficient (Wildman–Crippen LogP) is 4.15. The third-order valence-electron chi connectivity index (χ3n) is 4.56. The van der Waals surface area contributed by atoms with Crippen molar-refractivity contribution in [3.63, 3.8) is 0 Å². The monoisotopic (exact) mass is 352 g/mol. The standard InChI is InChI=1S/C18H13F5N2/c19-14-13(15(20)17(22)18(23)16(14)21)10-2-1-9-7-11-3-4-24-5-6-25(11)12(9)8-10/h1-2,7-8,24H,3-6H2. The Morgan fingerprint density at radius 3 is 2.20 bits per heavy atom. The molecule has 0 unspecified atom stereocenters. The molecule has 0 radical (unpaired) electrons. The van der Waals surface area contributed by atoms with Crippen molar-refractivity contribution in [3.05, 3.63) is 59.0 Å². The molecule has 0 saturated heterocycles. The van der Waals surface area contributed by atoms with Crippen LogP contribution in [0.3, 0.4) is 0 Å². The highest BCUT2D eigenvalue weighted by atomic mass is 19.2. The third kappa shape index (κ3) is 2.41. The average Bonchev–Trinajstić information content (AvgIpc) is 2.79. The van der Waals surface area contributed by atoms with Gasteiger partial charge in [0, 0.05) is 37.3 Å². The molecule has 7 heteroatoms. The fourth-order valence-corrected chi connectivity index (χ4v) is 3.33. The Labute approximate surface area is 139 Å². The van der Waals surface area contributed by atoms with E-state index in [2.05, 4.69) is 5.32 Å². The summed E-state index contributed by atoms with van der Waals surface area (Å²) in [5.41, 5.74) is 0.828. The Kier molecular flexibility index (Phi) is 3.76. The summed E-state index contributed by atoms with van der Waals surface area (Å²) >= 11 is 0. The first-order valence-corrected chi connectivity index (χ1v) is 7.83. The highest BCUT2D eigenvalue weighted by molar-refractivity contribution is 5.86. The van der Waals surface area contributed by atoms with Crippen LogP contribution in [-0.4, -0.2) is 17.7 Å². The zero-order valence-electron chi connectivity index (χ0n) is 13.0. The molecule has 3 aromatic rings. The fraction of sp³-hybridized carbons (Fsp3) is 0.222. The summed E-state index contributed by atoms with van der Waals surface area (Å²) in [5, 5.41) is 4.11. The predicted molar refractivity (Wildman–Crippen MR) is 83.7 cm³/mol. The van der Waals surface area contributed by atoms with Crippen LogP contribution in [0.4, 0.5) is 22.0 Å². The molecule has 0 amide bonds. The van der Waals surface area contributed by atoms with Crippen LogP contribution in [0.25, 0.3) is 22.0 Å². The maximum atomic E-state index is 14.1. The van der Waals surface area contributed by atoms with Gasteiger partial charge in [-0.25, -0.2) is 22.0 Å². The number of halogens is 5. The van der Waals surface area contributed by atoms with E-state index in [0.717, 1.165) is 30.6 Å². The first-order chi connectivity index (χ1) is 12.0. The minimum atomic E-state index is -2.15. The summed E-state index contributed by atoms with van der Waals surface area (Å²) in [5.74, 6) is -9.66. The van der Waals surface area contributed by atoms with Crippen molar-refractivity contribution in [2.75, 3.05) is 13.1 Å². The Morgan fingerprint density at radius 1 is 0.800 bits per heavy atom. The molecule has 2 nitrogen and oxygen atoms in total. The molecule has 0 atom stereocenters. The SMILES string of the molecule is Fc1c(F)c(F)c(-c2ccc3cc4n(c3c2)CCNCC4)c(F)c1F. The molecule has 0 aliphatic carbocycles. The summed E-state index contributed by atoms with van der Waals surface area (Å²) < 4.78 is 70.4. The number of hydrogen-bond donors (Lipinski definition) is 1. The van der Waals surface area contributed by atoms with Gasteiger partial charge in [-0.1, -0.05) is 12.1 Å². The topological polar surface area (TPSA) is 17.0 Å². The van der Waals surface area contributed by atoms with Crippen molar-refractivity contribution in [1.29, 1.82) is 0 Å². The molecule has 1 aromatic heterocycles. The molecule has 130 valence electrons. The van der Waals surface area contributed by atoms with Crippen LogP contribution in [0.1, 0.15) is 5.69 Å². The molecule has 0 fully saturated rings. The first kappa shape index (κ1) is 16.1. The summed E-state index contributed by atoms with van der Waals surface area (Å²) in [4.78, 5) is 0. The summed E-state index contributed by atoms with van der Waals surface area (Å²) in [7, 11) is 0. The number of nitrogens with one attached hydrogen (secondary N) is 1. The second-order valence-electron chi connectivity index (χ2n) is 6.01. The Bertz CT molecular complexity index is 964. The van der Waals surface area contributed by atoms with Gasteiger partial charge in [0.15, 0.2) is 23.3 Å². The van der Waals surface area contributed by atoms with Crippen LogP contribution in [0.15, 0.2) is 24.3 Å². The molecular formula is C18H13F5N2. The van der Waals surface area contributed by atoms with Gasteiger partial charge in [0.05, 0.1) is 5.56 Å². The second kappa shape index (κ2) is 5.84. The van der Waals surface area contributed by atoms with Crippen LogP contribution >= 0.6 is 0 Å². The molecule has 1 aliphatic rings.